The Balaban J connectivity index is 1.52. The van der Waals surface area contributed by atoms with E-state index in [1.165, 1.54) is 12.1 Å². The van der Waals surface area contributed by atoms with E-state index >= 15 is 0 Å². The topological polar surface area (TPSA) is 53.6 Å². The summed E-state index contributed by atoms with van der Waals surface area (Å²) in [6.45, 7) is 3.38. The molecule has 27 heavy (non-hydrogen) atoms. The van der Waals surface area contributed by atoms with Crippen LogP contribution in [0.4, 0.5) is 29.3 Å². The van der Waals surface area contributed by atoms with Crippen LogP contribution in [0, 0.1) is 0 Å². The number of anilines is 2. The maximum absolute atomic E-state index is 12.7. The Labute approximate surface area is 155 Å². The third kappa shape index (κ3) is 5.37. The van der Waals surface area contributed by atoms with Crippen molar-refractivity contribution >= 4 is 17.4 Å². The van der Waals surface area contributed by atoms with Gasteiger partial charge >= 0.3 is 12.2 Å². The number of urea groups is 1. The molecule has 0 unspecified atom stereocenters. The van der Waals surface area contributed by atoms with Gasteiger partial charge < -0.3 is 20.3 Å². The molecule has 0 saturated carbocycles. The first-order chi connectivity index (χ1) is 12.9. The van der Waals surface area contributed by atoms with Gasteiger partial charge in [0.05, 0.1) is 18.8 Å². The first-order valence-corrected chi connectivity index (χ1v) is 8.55. The molecule has 1 saturated heterocycles. The summed E-state index contributed by atoms with van der Waals surface area (Å²) in [4.78, 5) is 14.2. The number of carbonyl (C=O) groups is 1. The summed E-state index contributed by atoms with van der Waals surface area (Å²) in [6, 6.07) is 11.7. The van der Waals surface area contributed by atoms with E-state index in [9.17, 15) is 18.0 Å². The van der Waals surface area contributed by atoms with Crippen molar-refractivity contribution in [1.29, 1.82) is 0 Å². The minimum absolute atomic E-state index is 0.0880. The molecule has 5 nitrogen and oxygen atoms in total. The van der Waals surface area contributed by atoms with Crippen LogP contribution in [0.1, 0.15) is 11.1 Å². The largest absolute Gasteiger partial charge is 0.416 e. The highest BCUT2D eigenvalue weighted by Gasteiger charge is 2.30. The summed E-state index contributed by atoms with van der Waals surface area (Å²) in [5, 5.41) is 5.06. The zero-order valence-electron chi connectivity index (χ0n) is 14.6. The molecule has 144 valence electrons. The number of morpholine rings is 1. The lowest BCUT2D eigenvalue weighted by molar-refractivity contribution is -0.137. The summed E-state index contributed by atoms with van der Waals surface area (Å²) in [7, 11) is 0. The molecule has 0 atom stereocenters. The van der Waals surface area contributed by atoms with Crippen LogP contribution < -0.4 is 15.5 Å². The van der Waals surface area contributed by atoms with Gasteiger partial charge in [-0.05, 0) is 35.9 Å². The van der Waals surface area contributed by atoms with Gasteiger partial charge in [0, 0.05) is 31.0 Å². The van der Waals surface area contributed by atoms with E-state index in [1.54, 1.807) is 0 Å². The maximum atomic E-state index is 12.7. The van der Waals surface area contributed by atoms with Crippen molar-refractivity contribution in [3.05, 3.63) is 59.7 Å². The summed E-state index contributed by atoms with van der Waals surface area (Å²) < 4.78 is 43.4. The number of alkyl halides is 3. The van der Waals surface area contributed by atoms with Gasteiger partial charge in [-0.25, -0.2) is 4.79 Å². The zero-order valence-corrected chi connectivity index (χ0v) is 14.6. The molecule has 2 aromatic rings. The number of benzene rings is 2. The maximum Gasteiger partial charge on any atom is 0.416 e. The Morgan fingerprint density at radius 1 is 1.07 bits per heavy atom. The van der Waals surface area contributed by atoms with E-state index < -0.39 is 17.8 Å². The third-order valence-electron chi connectivity index (χ3n) is 4.21. The molecule has 0 bridgehead atoms. The fourth-order valence-electron chi connectivity index (χ4n) is 2.78. The number of amides is 2. The van der Waals surface area contributed by atoms with Gasteiger partial charge in [-0.3, -0.25) is 0 Å². The Morgan fingerprint density at radius 3 is 2.44 bits per heavy atom. The molecule has 1 aliphatic rings. The molecule has 8 heteroatoms. The van der Waals surface area contributed by atoms with E-state index in [1.807, 2.05) is 24.3 Å². The normalized spacial score (nSPS) is 14.7. The second-order valence-electron chi connectivity index (χ2n) is 6.15. The van der Waals surface area contributed by atoms with Crippen LogP contribution in [0.5, 0.6) is 0 Å². The molecule has 1 fully saturated rings. The standard InChI is InChI=1S/C19H20F3N3O2/c20-19(21,22)15-2-1-3-16(12-15)24-18(26)23-13-14-4-6-17(7-5-14)25-8-10-27-11-9-25/h1-7,12H,8-11,13H2,(H2,23,24,26). The van der Waals surface area contributed by atoms with Crippen molar-refractivity contribution < 1.29 is 22.7 Å². The van der Waals surface area contributed by atoms with Gasteiger partial charge in [-0.2, -0.15) is 13.2 Å². The lowest BCUT2D eigenvalue weighted by atomic mass is 10.2. The predicted molar refractivity (Wildman–Crippen MR) is 96.8 cm³/mol. The molecular weight excluding hydrogens is 359 g/mol. The SMILES string of the molecule is O=C(NCc1ccc(N2CCOCC2)cc1)Nc1cccc(C(F)(F)F)c1. The second kappa shape index (κ2) is 8.30. The molecule has 3 rings (SSSR count). The van der Waals surface area contributed by atoms with Crippen molar-refractivity contribution in [1.82, 2.24) is 5.32 Å². The molecule has 1 aliphatic heterocycles. The lowest BCUT2D eigenvalue weighted by Gasteiger charge is -2.28. The average Bonchev–Trinajstić information content (AvgIpc) is 2.67. The number of nitrogens with one attached hydrogen (secondary N) is 2. The second-order valence-corrected chi connectivity index (χ2v) is 6.15. The molecule has 1 heterocycles. The van der Waals surface area contributed by atoms with Crippen LogP contribution in [-0.2, 0) is 17.5 Å². The summed E-state index contributed by atoms with van der Waals surface area (Å²) >= 11 is 0. The summed E-state index contributed by atoms with van der Waals surface area (Å²) in [5.41, 5.74) is 1.27. The number of halogens is 3. The number of nitrogens with zero attached hydrogens (tertiary/aromatic N) is 1. The Kier molecular flexibility index (Phi) is 5.85. The number of hydrogen-bond acceptors (Lipinski definition) is 3. The van der Waals surface area contributed by atoms with Crippen LogP contribution in [0.15, 0.2) is 48.5 Å². The molecule has 0 aliphatic carbocycles. The summed E-state index contributed by atoms with van der Waals surface area (Å²) in [5.74, 6) is 0. The highest BCUT2D eigenvalue weighted by molar-refractivity contribution is 5.89. The van der Waals surface area contributed by atoms with Gasteiger partial charge in [0.2, 0.25) is 0 Å². The van der Waals surface area contributed by atoms with Gasteiger partial charge in [-0.15, -0.1) is 0 Å². The smallest absolute Gasteiger partial charge is 0.378 e. The zero-order chi connectivity index (χ0) is 19.3. The fourth-order valence-corrected chi connectivity index (χ4v) is 2.78. The monoisotopic (exact) mass is 379 g/mol. The predicted octanol–water partition coefficient (Wildman–Crippen LogP) is 3.86. The molecule has 2 N–H and O–H groups in total. The van der Waals surface area contributed by atoms with E-state index in [4.69, 9.17) is 4.74 Å². The molecule has 2 aromatic carbocycles. The molecule has 0 spiro atoms. The first-order valence-electron chi connectivity index (χ1n) is 8.55. The van der Waals surface area contributed by atoms with Gasteiger partial charge in [0.15, 0.2) is 0 Å². The van der Waals surface area contributed by atoms with Crippen molar-refractivity contribution in [2.45, 2.75) is 12.7 Å². The average molecular weight is 379 g/mol. The Morgan fingerprint density at radius 2 is 1.78 bits per heavy atom. The van der Waals surface area contributed by atoms with Crippen LogP contribution >= 0.6 is 0 Å². The molecule has 2 amide bonds. The van der Waals surface area contributed by atoms with E-state index in [-0.39, 0.29) is 12.2 Å². The molecular formula is C19H20F3N3O2. The van der Waals surface area contributed by atoms with Crippen LogP contribution in [0.2, 0.25) is 0 Å². The minimum atomic E-state index is -4.45. The quantitative estimate of drug-likeness (QED) is 0.848. The first kappa shape index (κ1) is 19.0. The molecule has 0 aromatic heterocycles. The van der Waals surface area contributed by atoms with Crippen LogP contribution in [0.3, 0.4) is 0 Å². The number of rotatable bonds is 4. The minimum Gasteiger partial charge on any atom is -0.378 e. The number of carbonyl (C=O) groups excluding carboxylic acids is 1. The van der Waals surface area contributed by atoms with Crippen molar-refractivity contribution in [2.75, 3.05) is 36.5 Å². The summed E-state index contributed by atoms with van der Waals surface area (Å²) in [6.07, 6.45) is -4.45. The van der Waals surface area contributed by atoms with Gasteiger partial charge in [0.1, 0.15) is 0 Å². The number of hydrogen-bond donors (Lipinski definition) is 2. The van der Waals surface area contributed by atoms with E-state index in [0.29, 0.717) is 13.2 Å². The number of ether oxygens (including phenoxy) is 1. The highest BCUT2D eigenvalue weighted by Crippen LogP contribution is 2.30. The van der Waals surface area contributed by atoms with Crippen LogP contribution in [-0.4, -0.2) is 32.3 Å². The van der Waals surface area contributed by atoms with E-state index in [0.717, 1.165) is 36.5 Å². The Bertz CT molecular complexity index is 773. The lowest BCUT2D eigenvalue weighted by Crippen LogP contribution is -2.36. The van der Waals surface area contributed by atoms with Gasteiger partial charge in [0.25, 0.3) is 0 Å². The fraction of sp³-hybridized carbons (Fsp3) is 0.316. The molecule has 0 radical (unpaired) electrons. The highest BCUT2D eigenvalue weighted by atomic mass is 19.4. The van der Waals surface area contributed by atoms with Crippen LogP contribution in [0.25, 0.3) is 0 Å². The van der Waals surface area contributed by atoms with Crippen molar-refractivity contribution in [2.24, 2.45) is 0 Å². The third-order valence-corrected chi connectivity index (χ3v) is 4.21. The van der Waals surface area contributed by atoms with Crippen molar-refractivity contribution in [3.63, 3.8) is 0 Å². The van der Waals surface area contributed by atoms with E-state index in [2.05, 4.69) is 15.5 Å². The van der Waals surface area contributed by atoms with Crippen molar-refractivity contribution in [3.8, 4) is 0 Å². The Hall–Kier alpha value is -2.74. The van der Waals surface area contributed by atoms with Gasteiger partial charge in [-0.1, -0.05) is 18.2 Å².